The smallest absolute Gasteiger partial charge is 0.270 e. The summed E-state index contributed by atoms with van der Waals surface area (Å²) in [5.41, 5.74) is 7.43. The predicted molar refractivity (Wildman–Crippen MR) is 43.4 cm³/mol. The Kier molecular flexibility index (Phi) is 2.51. The Hall–Kier alpha value is -1.90. The van der Waals surface area contributed by atoms with Gasteiger partial charge in [0.15, 0.2) is 10.7 Å². The predicted octanol–water partition coefficient (Wildman–Crippen LogP) is -0.492. The van der Waals surface area contributed by atoms with Gasteiger partial charge >= 0.3 is 0 Å². The topological polar surface area (TPSA) is 155 Å². The van der Waals surface area contributed by atoms with E-state index in [1.54, 1.807) is 0 Å². The molecule has 9 nitrogen and oxygen atoms in total. The van der Waals surface area contributed by atoms with Crippen molar-refractivity contribution in [2.75, 3.05) is 0 Å². The molecule has 0 spiro atoms. The molecule has 0 bridgehead atoms. The Bertz CT molecular complexity index is 509. The van der Waals surface area contributed by atoms with Crippen LogP contribution in [0.5, 0.6) is 0 Å². The summed E-state index contributed by atoms with van der Waals surface area (Å²) in [6, 6.07) is 0. The second kappa shape index (κ2) is 3.46. The zero-order chi connectivity index (χ0) is 10.8. The summed E-state index contributed by atoms with van der Waals surface area (Å²) in [5.74, 6) is -1.11. The molecule has 14 heavy (non-hydrogen) atoms. The van der Waals surface area contributed by atoms with Crippen LogP contribution < -0.4 is 5.14 Å². The molecule has 1 amide bonds. The van der Waals surface area contributed by atoms with E-state index in [0.29, 0.717) is 0 Å². The van der Waals surface area contributed by atoms with E-state index in [0.717, 1.165) is 6.33 Å². The van der Waals surface area contributed by atoms with Crippen molar-refractivity contribution < 1.29 is 13.2 Å². The number of nitrogens with two attached hydrogens (primary N) is 1. The molecule has 0 aliphatic carbocycles. The Morgan fingerprint density at radius 1 is 1.71 bits per heavy atom. The molecule has 0 aromatic carbocycles. The van der Waals surface area contributed by atoms with Gasteiger partial charge in [-0.15, -0.1) is 0 Å². The third kappa shape index (κ3) is 1.88. The van der Waals surface area contributed by atoms with E-state index in [1.165, 1.54) is 0 Å². The molecule has 0 saturated heterocycles. The maximum atomic E-state index is 11.0. The SMILES string of the molecule is [N-]=[N+]=NC(=O)c1nc[nH]c1S(N)(=O)=O. The number of imidazole rings is 1. The molecule has 3 N–H and O–H groups in total. The minimum atomic E-state index is -4.08. The van der Waals surface area contributed by atoms with Gasteiger partial charge in [0.05, 0.1) is 6.33 Å². The zero-order valence-corrected chi connectivity index (χ0v) is 7.39. The number of nitrogens with one attached hydrogen (secondary N) is 1. The summed E-state index contributed by atoms with van der Waals surface area (Å²) in [7, 11) is -4.08. The van der Waals surface area contributed by atoms with Gasteiger partial charge in [-0.05, 0) is 10.6 Å². The maximum absolute atomic E-state index is 11.0. The number of primary sulfonamides is 1. The van der Waals surface area contributed by atoms with E-state index >= 15 is 0 Å². The number of nitrogens with zero attached hydrogens (tertiary/aromatic N) is 4. The van der Waals surface area contributed by atoms with Gasteiger partial charge in [-0.3, -0.25) is 4.79 Å². The number of H-pyrrole nitrogens is 1. The minimum Gasteiger partial charge on any atom is -0.334 e. The van der Waals surface area contributed by atoms with Crippen LogP contribution in [-0.2, 0) is 10.0 Å². The molecule has 0 saturated carbocycles. The van der Waals surface area contributed by atoms with Crippen molar-refractivity contribution in [1.29, 1.82) is 0 Å². The molecule has 0 unspecified atom stereocenters. The highest BCUT2D eigenvalue weighted by Crippen LogP contribution is 2.09. The van der Waals surface area contributed by atoms with E-state index < -0.39 is 26.7 Å². The van der Waals surface area contributed by atoms with Gasteiger partial charge in [0.25, 0.3) is 15.9 Å². The zero-order valence-electron chi connectivity index (χ0n) is 6.58. The Balaban J connectivity index is 3.31. The molecule has 1 aromatic heterocycles. The van der Waals surface area contributed by atoms with E-state index in [9.17, 15) is 13.2 Å². The molecule has 1 rings (SSSR count). The molecule has 74 valence electrons. The Labute approximate surface area is 77.6 Å². The van der Waals surface area contributed by atoms with E-state index in [4.69, 9.17) is 10.7 Å². The molecule has 0 atom stereocenters. The number of sulfonamides is 1. The number of azide groups is 1. The van der Waals surface area contributed by atoms with Crippen molar-refractivity contribution in [1.82, 2.24) is 9.97 Å². The fraction of sp³-hybridized carbons (Fsp3) is 0. The van der Waals surface area contributed by atoms with Crippen LogP contribution in [0.15, 0.2) is 16.5 Å². The first-order chi connectivity index (χ1) is 6.46. The molecule has 1 aromatic rings. The van der Waals surface area contributed by atoms with Crippen LogP contribution in [0.3, 0.4) is 0 Å². The standard InChI is InChI=1S/C4H4N6O3S/c5-10-9-3(11)2-4(8-1-7-2)14(6,12)13/h1H,(H,7,8)(H2,6,12,13). The summed E-state index contributed by atoms with van der Waals surface area (Å²) in [5, 5.41) is 6.86. The number of aromatic amines is 1. The summed E-state index contributed by atoms with van der Waals surface area (Å²) in [6.45, 7) is 0. The highest BCUT2D eigenvalue weighted by Gasteiger charge is 2.21. The average Bonchev–Trinajstić information content (AvgIpc) is 2.50. The molecular formula is C4H4N6O3S. The van der Waals surface area contributed by atoms with Gasteiger partial charge < -0.3 is 4.98 Å². The highest BCUT2D eigenvalue weighted by molar-refractivity contribution is 7.89. The number of hydrogen-bond acceptors (Lipinski definition) is 4. The number of carbonyl (C=O) groups is 1. The van der Waals surface area contributed by atoms with E-state index in [1.807, 2.05) is 0 Å². The lowest BCUT2D eigenvalue weighted by Gasteiger charge is -1.94. The lowest BCUT2D eigenvalue weighted by molar-refractivity contribution is 0.0992. The molecule has 0 fully saturated rings. The number of aromatic nitrogens is 2. The van der Waals surface area contributed by atoms with Crippen LogP contribution in [0.25, 0.3) is 10.4 Å². The quantitative estimate of drug-likeness (QED) is 0.388. The van der Waals surface area contributed by atoms with Crippen LogP contribution in [0.1, 0.15) is 10.5 Å². The van der Waals surface area contributed by atoms with Gasteiger partial charge in [0.1, 0.15) is 0 Å². The summed E-state index contributed by atoms with van der Waals surface area (Å²) in [4.78, 5) is 18.7. The van der Waals surface area contributed by atoms with Crippen LogP contribution >= 0.6 is 0 Å². The monoisotopic (exact) mass is 216 g/mol. The third-order valence-electron chi connectivity index (χ3n) is 1.23. The van der Waals surface area contributed by atoms with Crippen LogP contribution in [0.4, 0.5) is 0 Å². The lowest BCUT2D eigenvalue weighted by Crippen LogP contribution is -2.16. The van der Waals surface area contributed by atoms with Crippen molar-refractivity contribution in [3.8, 4) is 0 Å². The lowest BCUT2D eigenvalue weighted by atomic mass is 10.5. The van der Waals surface area contributed by atoms with Crippen molar-refractivity contribution in [3.05, 3.63) is 22.5 Å². The van der Waals surface area contributed by atoms with Crippen molar-refractivity contribution in [2.24, 2.45) is 10.3 Å². The van der Waals surface area contributed by atoms with Gasteiger partial charge in [0.2, 0.25) is 0 Å². The number of carbonyl (C=O) groups excluding carboxylic acids is 1. The van der Waals surface area contributed by atoms with E-state index in [-0.39, 0.29) is 0 Å². The summed E-state index contributed by atoms with van der Waals surface area (Å²) in [6.07, 6.45) is 0.958. The van der Waals surface area contributed by atoms with Gasteiger partial charge in [-0.1, -0.05) is 0 Å². The Morgan fingerprint density at radius 2 is 2.36 bits per heavy atom. The number of amides is 1. The van der Waals surface area contributed by atoms with Crippen molar-refractivity contribution >= 4 is 15.9 Å². The second-order valence-corrected chi connectivity index (χ2v) is 3.62. The normalized spacial score (nSPS) is 10.6. The third-order valence-corrected chi connectivity index (χ3v) is 2.11. The Morgan fingerprint density at radius 3 is 2.86 bits per heavy atom. The number of rotatable bonds is 2. The molecule has 0 radical (unpaired) electrons. The maximum Gasteiger partial charge on any atom is 0.270 e. The molecule has 10 heteroatoms. The van der Waals surface area contributed by atoms with Crippen molar-refractivity contribution in [3.63, 3.8) is 0 Å². The second-order valence-electron chi connectivity index (χ2n) is 2.12. The average molecular weight is 216 g/mol. The highest BCUT2D eigenvalue weighted by atomic mass is 32.2. The molecular weight excluding hydrogens is 212 g/mol. The first-order valence-corrected chi connectivity index (χ1v) is 4.67. The van der Waals surface area contributed by atoms with Gasteiger partial charge in [-0.25, -0.2) is 18.5 Å². The fourth-order valence-electron chi connectivity index (χ4n) is 0.740. The van der Waals surface area contributed by atoms with E-state index in [2.05, 4.69) is 20.0 Å². The van der Waals surface area contributed by atoms with Crippen LogP contribution in [0, 0.1) is 0 Å². The molecule has 0 aliphatic rings. The number of hydrogen-bond donors (Lipinski definition) is 2. The first-order valence-electron chi connectivity index (χ1n) is 3.12. The molecule has 1 heterocycles. The largest absolute Gasteiger partial charge is 0.334 e. The van der Waals surface area contributed by atoms with Gasteiger partial charge in [-0.2, -0.15) is 0 Å². The molecule has 0 aliphatic heterocycles. The first kappa shape index (κ1) is 10.2. The van der Waals surface area contributed by atoms with Crippen LogP contribution in [-0.4, -0.2) is 24.3 Å². The summed E-state index contributed by atoms with van der Waals surface area (Å²) >= 11 is 0. The van der Waals surface area contributed by atoms with Crippen LogP contribution in [0.2, 0.25) is 0 Å². The summed E-state index contributed by atoms with van der Waals surface area (Å²) < 4.78 is 21.7. The minimum absolute atomic E-state index is 0.523. The van der Waals surface area contributed by atoms with Crippen molar-refractivity contribution in [2.45, 2.75) is 5.03 Å². The fourth-order valence-corrected chi connectivity index (χ4v) is 1.37. The van der Waals surface area contributed by atoms with Gasteiger partial charge in [0, 0.05) is 4.91 Å².